The maximum atomic E-state index is 13.2. The van der Waals surface area contributed by atoms with Gasteiger partial charge in [-0.05, 0) is 35.4 Å². The lowest BCUT2D eigenvalue weighted by atomic mass is 10.1. The van der Waals surface area contributed by atoms with Crippen LogP contribution in [0.3, 0.4) is 0 Å². The highest BCUT2D eigenvalue weighted by molar-refractivity contribution is 5.79. The van der Waals surface area contributed by atoms with Crippen LogP contribution in [0.5, 0.6) is 5.75 Å². The molecular weight excluding hydrogens is 390 g/mol. The number of benzene rings is 2. The van der Waals surface area contributed by atoms with Gasteiger partial charge in [-0.1, -0.05) is 18.2 Å². The van der Waals surface area contributed by atoms with Crippen molar-refractivity contribution in [2.75, 3.05) is 27.4 Å². The Labute approximate surface area is 166 Å². The first-order valence-electron chi connectivity index (χ1n) is 8.84. The summed E-state index contributed by atoms with van der Waals surface area (Å²) in [6.07, 6.45) is -4.64. The number of guanidine groups is 1. The van der Waals surface area contributed by atoms with Gasteiger partial charge in [0.15, 0.2) is 5.96 Å². The summed E-state index contributed by atoms with van der Waals surface area (Å²) in [6.45, 7) is 1.13. The predicted molar refractivity (Wildman–Crippen MR) is 102 cm³/mol. The molecule has 0 spiro atoms. The van der Waals surface area contributed by atoms with Gasteiger partial charge in [0.25, 0.3) is 0 Å². The van der Waals surface area contributed by atoms with E-state index in [0.717, 1.165) is 17.7 Å². The summed E-state index contributed by atoms with van der Waals surface area (Å²) in [5, 5.41) is 5.84. The summed E-state index contributed by atoms with van der Waals surface area (Å²) < 4.78 is 63.0. The van der Waals surface area contributed by atoms with E-state index in [1.54, 1.807) is 7.11 Å². The fourth-order valence-corrected chi connectivity index (χ4v) is 2.54. The van der Waals surface area contributed by atoms with Gasteiger partial charge in [0.05, 0.1) is 12.2 Å². The second kappa shape index (κ2) is 10.7. The third-order valence-corrected chi connectivity index (χ3v) is 3.96. The van der Waals surface area contributed by atoms with Crippen molar-refractivity contribution < 1.29 is 27.0 Å². The highest BCUT2D eigenvalue weighted by Crippen LogP contribution is 2.32. The second-order valence-corrected chi connectivity index (χ2v) is 6.07. The molecule has 2 aromatic carbocycles. The Balaban J connectivity index is 1.95. The van der Waals surface area contributed by atoms with Crippen LogP contribution in [-0.2, 0) is 24.0 Å². The highest BCUT2D eigenvalue weighted by Gasteiger charge is 2.33. The van der Waals surface area contributed by atoms with Crippen molar-refractivity contribution in [2.24, 2.45) is 4.99 Å². The molecule has 2 aromatic rings. The van der Waals surface area contributed by atoms with E-state index in [4.69, 9.17) is 9.47 Å². The summed E-state index contributed by atoms with van der Waals surface area (Å²) in [6, 6.07) is 9.98. The molecule has 2 N–H and O–H groups in total. The lowest BCUT2D eigenvalue weighted by molar-refractivity contribution is -0.138. The quantitative estimate of drug-likeness (QED) is 0.300. The molecule has 0 aromatic heterocycles. The van der Waals surface area contributed by atoms with Crippen LogP contribution >= 0.6 is 0 Å². The summed E-state index contributed by atoms with van der Waals surface area (Å²) in [4.78, 5) is 4.00. The predicted octanol–water partition coefficient (Wildman–Crippen LogP) is 3.73. The number of ether oxygens (including phenoxy) is 2. The van der Waals surface area contributed by atoms with E-state index < -0.39 is 17.6 Å². The molecule has 29 heavy (non-hydrogen) atoms. The van der Waals surface area contributed by atoms with Gasteiger partial charge in [-0.15, -0.1) is 0 Å². The second-order valence-electron chi connectivity index (χ2n) is 6.07. The van der Waals surface area contributed by atoms with Crippen LogP contribution in [0.1, 0.15) is 16.7 Å². The summed E-state index contributed by atoms with van der Waals surface area (Å²) >= 11 is 0. The average Bonchev–Trinajstić information content (AvgIpc) is 2.69. The molecule has 0 aliphatic carbocycles. The van der Waals surface area contributed by atoms with Crippen LogP contribution in [0, 0.1) is 5.82 Å². The third-order valence-electron chi connectivity index (χ3n) is 3.96. The lowest BCUT2D eigenvalue weighted by Crippen LogP contribution is -2.36. The first kappa shape index (κ1) is 22.5. The van der Waals surface area contributed by atoms with Gasteiger partial charge in [0.1, 0.15) is 18.2 Å². The number of rotatable bonds is 8. The number of nitrogens with zero attached hydrogens (tertiary/aromatic N) is 1. The molecule has 0 saturated heterocycles. The minimum Gasteiger partial charge on any atom is -0.491 e. The minimum atomic E-state index is -4.64. The molecule has 0 aliphatic rings. The van der Waals surface area contributed by atoms with Crippen LogP contribution in [0.25, 0.3) is 0 Å². The number of hydrogen-bond acceptors (Lipinski definition) is 3. The van der Waals surface area contributed by atoms with Gasteiger partial charge in [-0.2, -0.15) is 13.2 Å². The summed E-state index contributed by atoms with van der Waals surface area (Å²) in [5.74, 6) is 0.0646. The molecule has 0 radical (unpaired) electrons. The first-order chi connectivity index (χ1) is 13.8. The number of methoxy groups -OCH3 is 1. The van der Waals surface area contributed by atoms with Crippen molar-refractivity contribution in [1.82, 2.24) is 10.6 Å². The van der Waals surface area contributed by atoms with Crippen LogP contribution in [0.4, 0.5) is 17.6 Å². The fraction of sp³-hybridized carbons (Fsp3) is 0.350. The topological polar surface area (TPSA) is 54.9 Å². The zero-order valence-electron chi connectivity index (χ0n) is 16.1. The number of hydrogen-bond donors (Lipinski definition) is 2. The molecule has 0 unspecified atom stereocenters. The van der Waals surface area contributed by atoms with Gasteiger partial charge < -0.3 is 20.1 Å². The number of halogens is 4. The standard InChI is InChI=1S/C20H23F4N3O2/c1-25-19(26-12-14-4-3-5-17(10-14)29-9-8-28-2)27-13-15-6-7-16(21)11-18(15)20(22,23)24/h3-7,10-11H,8-9,12-13H2,1-2H3,(H2,25,26,27). The van der Waals surface area contributed by atoms with Gasteiger partial charge >= 0.3 is 6.18 Å². The van der Waals surface area contributed by atoms with E-state index in [-0.39, 0.29) is 12.1 Å². The Kier molecular flexibility index (Phi) is 8.26. The molecule has 158 valence electrons. The highest BCUT2D eigenvalue weighted by atomic mass is 19.4. The Hall–Kier alpha value is -2.81. The van der Waals surface area contributed by atoms with E-state index in [9.17, 15) is 17.6 Å². The third kappa shape index (κ3) is 7.26. The van der Waals surface area contributed by atoms with Gasteiger partial charge in [-0.25, -0.2) is 4.39 Å². The minimum absolute atomic E-state index is 0.0737. The zero-order chi connectivity index (χ0) is 21.3. The maximum absolute atomic E-state index is 13.2. The average molecular weight is 413 g/mol. The van der Waals surface area contributed by atoms with Gasteiger partial charge in [0.2, 0.25) is 0 Å². The normalized spacial score (nSPS) is 12.0. The van der Waals surface area contributed by atoms with Crippen molar-refractivity contribution in [1.29, 1.82) is 0 Å². The Morgan fingerprint density at radius 3 is 2.48 bits per heavy atom. The molecule has 0 bridgehead atoms. The molecule has 0 aliphatic heterocycles. The van der Waals surface area contributed by atoms with Gasteiger partial charge in [-0.3, -0.25) is 4.99 Å². The van der Waals surface area contributed by atoms with E-state index in [0.29, 0.717) is 37.5 Å². The molecule has 5 nitrogen and oxygen atoms in total. The summed E-state index contributed by atoms with van der Waals surface area (Å²) in [5.41, 5.74) is -0.183. The van der Waals surface area contributed by atoms with Crippen LogP contribution < -0.4 is 15.4 Å². The van der Waals surface area contributed by atoms with E-state index in [1.165, 1.54) is 7.05 Å². The van der Waals surface area contributed by atoms with Crippen molar-refractivity contribution in [2.45, 2.75) is 19.3 Å². The van der Waals surface area contributed by atoms with E-state index in [2.05, 4.69) is 15.6 Å². The molecular formula is C20H23F4N3O2. The SMILES string of the molecule is CN=C(NCc1cccc(OCCOC)c1)NCc1ccc(F)cc1C(F)(F)F. The summed E-state index contributed by atoms with van der Waals surface area (Å²) in [7, 11) is 3.10. The van der Waals surface area contributed by atoms with Crippen LogP contribution in [-0.4, -0.2) is 33.3 Å². The van der Waals surface area contributed by atoms with Gasteiger partial charge in [0, 0.05) is 27.2 Å². The van der Waals surface area contributed by atoms with E-state index >= 15 is 0 Å². The van der Waals surface area contributed by atoms with Crippen molar-refractivity contribution >= 4 is 5.96 Å². The number of aliphatic imine (C=N–C) groups is 1. The Morgan fingerprint density at radius 1 is 1.03 bits per heavy atom. The monoisotopic (exact) mass is 413 g/mol. The van der Waals surface area contributed by atoms with Crippen LogP contribution in [0.15, 0.2) is 47.5 Å². The molecule has 0 fully saturated rings. The van der Waals surface area contributed by atoms with Crippen LogP contribution in [0.2, 0.25) is 0 Å². The fourth-order valence-electron chi connectivity index (χ4n) is 2.54. The van der Waals surface area contributed by atoms with Crippen molar-refractivity contribution in [3.05, 3.63) is 65.0 Å². The first-order valence-corrected chi connectivity index (χ1v) is 8.84. The molecule has 2 rings (SSSR count). The van der Waals surface area contributed by atoms with E-state index in [1.807, 2.05) is 24.3 Å². The number of alkyl halides is 3. The number of nitrogens with one attached hydrogen (secondary N) is 2. The smallest absolute Gasteiger partial charge is 0.416 e. The Morgan fingerprint density at radius 2 is 1.79 bits per heavy atom. The maximum Gasteiger partial charge on any atom is 0.416 e. The van der Waals surface area contributed by atoms with Crippen molar-refractivity contribution in [3.63, 3.8) is 0 Å². The largest absolute Gasteiger partial charge is 0.491 e. The lowest BCUT2D eigenvalue weighted by Gasteiger charge is -2.16. The van der Waals surface area contributed by atoms with Crippen molar-refractivity contribution in [3.8, 4) is 5.75 Å². The molecule has 0 saturated carbocycles. The molecule has 0 heterocycles. The molecule has 9 heteroatoms. The molecule has 0 atom stereocenters. The molecule has 0 amide bonds. The Bertz CT molecular complexity index is 826. The zero-order valence-corrected chi connectivity index (χ0v) is 16.1.